The van der Waals surface area contributed by atoms with Gasteiger partial charge in [-0.2, -0.15) is 23.5 Å². The summed E-state index contributed by atoms with van der Waals surface area (Å²) >= 11 is 0.486. The summed E-state index contributed by atoms with van der Waals surface area (Å²) in [6.45, 7) is 1.62. The van der Waals surface area contributed by atoms with Crippen molar-refractivity contribution in [3.63, 3.8) is 0 Å². The van der Waals surface area contributed by atoms with Crippen LogP contribution in [0.4, 0.5) is 13.2 Å². The summed E-state index contributed by atoms with van der Waals surface area (Å²) < 4.78 is 40.3. The SMILES string of the molecule is C[C@@H](c1cnc(C(F)(F)F)s1)n1nc(C#N)c2c(=O)[nH]c([C@@H]3CC[C@H]3c3ncccn3)nc21. The number of aromatic amines is 1. The van der Waals surface area contributed by atoms with E-state index in [-0.39, 0.29) is 33.4 Å². The number of thiazole rings is 1. The molecule has 0 radical (unpaired) electrons. The molecule has 33 heavy (non-hydrogen) atoms. The van der Waals surface area contributed by atoms with Crippen LogP contribution in [0.1, 0.15) is 64.9 Å². The van der Waals surface area contributed by atoms with E-state index >= 15 is 0 Å². The second kappa shape index (κ2) is 7.73. The molecule has 0 bridgehead atoms. The smallest absolute Gasteiger partial charge is 0.310 e. The van der Waals surface area contributed by atoms with Gasteiger partial charge in [-0.1, -0.05) is 0 Å². The Bertz CT molecular complexity index is 1440. The van der Waals surface area contributed by atoms with E-state index in [4.69, 9.17) is 0 Å². The highest BCUT2D eigenvalue weighted by atomic mass is 32.1. The van der Waals surface area contributed by atoms with Crippen molar-refractivity contribution in [1.82, 2.24) is 34.7 Å². The molecule has 3 atom stereocenters. The molecule has 0 spiro atoms. The third-order valence-electron chi connectivity index (χ3n) is 5.77. The molecular formula is C20H15F3N8OS. The Morgan fingerprint density at radius 2 is 1.97 bits per heavy atom. The van der Waals surface area contributed by atoms with Crippen molar-refractivity contribution < 1.29 is 13.2 Å². The quantitative estimate of drug-likeness (QED) is 0.481. The van der Waals surface area contributed by atoms with Crippen LogP contribution in [-0.4, -0.2) is 34.7 Å². The predicted molar refractivity (Wildman–Crippen MR) is 111 cm³/mol. The lowest BCUT2D eigenvalue weighted by Gasteiger charge is -2.34. The number of nitrogens with one attached hydrogen (secondary N) is 1. The van der Waals surface area contributed by atoms with E-state index in [1.807, 2.05) is 6.07 Å². The molecule has 0 aromatic carbocycles. The monoisotopic (exact) mass is 472 g/mol. The topological polar surface area (TPSA) is 126 Å². The minimum Gasteiger partial charge on any atom is -0.310 e. The highest BCUT2D eigenvalue weighted by molar-refractivity contribution is 7.11. The molecule has 1 fully saturated rings. The van der Waals surface area contributed by atoms with E-state index in [0.29, 0.717) is 23.0 Å². The van der Waals surface area contributed by atoms with E-state index in [1.54, 1.807) is 25.4 Å². The first-order chi connectivity index (χ1) is 15.8. The van der Waals surface area contributed by atoms with Crippen LogP contribution in [0.5, 0.6) is 0 Å². The molecule has 5 rings (SSSR count). The molecule has 4 heterocycles. The minimum atomic E-state index is -4.56. The van der Waals surface area contributed by atoms with E-state index in [1.165, 1.54) is 4.68 Å². The lowest BCUT2D eigenvalue weighted by Crippen LogP contribution is -2.28. The largest absolute Gasteiger partial charge is 0.443 e. The molecule has 0 amide bonds. The summed E-state index contributed by atoms with van der Waals surface area (Å²) in [6, 6.07) is 2.87. The zero-order valence-corrected chi connectivity index (χ0v) is 17.9. The standard InChI is InChI=1S/C20H15F3N8OS/c1-9(13-8-27-19(33-13)20(21,22)23)31-17-14(12(7-24)30-31)18(32)29-16(28-17)11-4-3-10(11)15-25-5-2-6-26-15/h2,5-6,8-11H,3-4H2,1H3,(H,28,29,32)/t9-,10+,11+/m0/s1. The second-order valence-corrected chi connectivity index (χ2v) is 8.76. The number of nitrogens with zero attached hydrogens (tertiary/aromatic N) is 7. The Morgan fingerprint density at radius 3 is 2.58 bits per heavy atom. The van der Waals surface area contributed by atoms with Gasteiger partial charge in [-0.25, -0.2) is 24.6 Å². The molecule has 9 nitrogen and oxygen atoms in total. The van der Waals surface area contributed by atoms with Gasteiger partial charge in [0.05, 0.1) is 6.04 Å². The van der Waals surface area contributed by atoms with E-state index in [2.05, 4.69) is 30.0 Å². The number of nitriles is 1. The zero-order valence-electron chi connectivity index (χ0n) is 17.0. The Kier molecular flexibility index (Phi) is 4.97. The first-order valence-corrected chi connectivity index (χ1v) is 10.8. The van der Waals surface area contributed by atoms with E-state index < -0.39 is 22.8 Å². The Morgan fingerprint density at radius 1 is 1.24 bits per heavy atom. The maximum Gasteiger partial charge on any atom is 0.443 e. The van der Waals surface area contributed by atoms with Gasteiger partial charge >= 0.3 is 6.18 Å². The molecule has 0 unspecified atom stereocenters. The number of hydrogen-bond acceptors (Lipinski definition) is 8. The number of fused-ring (bicyclic) bond motifs is 1. The van der Waals surface area contributed by atoms with Crippen molar-refractivity contribution in [3.8, 4) is 6.07 Å². The summed E-state index contributed by atoms with van der Waals surface area (Å²) in [5, 5.41) is 12.7. The van der Waals surface area contributed by atoms with Crippen LogP contribution in [0.15, 0.2) is 29.5 Å². The average Bonchev–Trinajstić information content (AvgIpc) is 3.39. The van der Waals surface area contributed by atoms with Crippen LogP contribution < -0.4 is 5.56 Å². The molecule has 0 saturated heterocycles. The van der Waals surface area contributed by atoms with Crippen molar-refractivity contribution in [3.05, 3.63) is 62.2 Å². The molecular weight excluding hydrogens is 457 g/mol. The number of hydrogen-bond donors (Lipinski definition) is 1. The zero-order chi connectivity index (χ0) is 23.3. The van der Waals surface area contributed by atoms with Gasteiger partial charge in [0, 0.05) is 35.3 Å². The maximum atomic E-state index is 13.0. The summed E-state index contributed by atoms with van der Waals surface area (Å²) in [7, 11) is 0. The van der Waals surface area contributed by atoms with Crippen LogP contribution in [0.2, 0.25) is 0 Å². The van der Waals surface area contributed by atoms with Gasteiger partial charge in [-0.3, -0.25) is 4.79 Å². The molecule has 4 aromatic rings. The number of alkyl halides is 3. The third-order valence-corrected chi connectivity index (χ3v) is 6.99. The van der Waals surface area contributed by atoms with Gasteiger partial charge in [-0.05, 0) is 25.8 Å². The van der Waals surface area contributed by atoms with Gasteiger partial charge in [0.2, 0.25) is 0 Å². The number of rotatable bonds is 4. The molecule has 1 saturated carbocycles. The van der Waals surface area contributed by atoms with E-state index in [9.17, 15) is 23.2 Å². The molecule has 1 aliphatic carbocycles. The summed E-state index contributed by atoms with van der Waals surface area (Å²) in [5.41, 5.74) is -0.529. The second-order valence-electron chi connectivity index (χ2n) is 7.69. The molecule has 13 heteroatoms. The maximum absolute atomic E-state index is 13.0. The molecule has 0 aliphatic heterocycles. The highest BCUT2D eigenvalue weighted by Crippen LogP contribution is 2.46. The van der Waals surface area contributed by atoms with Crippen LogP contribution in [0, 0.1) is 11.3 Å². The lowest BCUT2D eigenvalue weighted by molar-refractivity contribution is -0.137. The molecule has 1 N–H and O–H groups in total. The van der Waals surface area contributed by atoms with Gasteiger partial charge in [0.1, 0.15) is 23.1 Å². The van der Waals surface area contributed by atoms with Crippen molar-refractivity contribution in [1.29, 1.82) is 5.26 Å². The number of H-pyrrole nitrogens is 1. The van der Waals surface area contributed by atoms with Crippen LogP contribution in [-0.2, 0) is 6.18 Å². The summed E-state index contributed by atoms with van der Waals surface area (Å²) in [4.78, 5) is 32.6. The predicted octanol–water partition coefficient (Wildman–Crippen LogP) is 3.53. The Balaban J connectivity index is 1.59. The van der Waals surface area contributed by atoms with Crippen LogP contribution in [0.3, 0.4) is 0 Å². The third kappa shape index (κ3) is 3.56. The van der Waals surface area contributed by atoms with Crippen molar-refractivity contribution >= 4 is 22.4 Å². The number of aromatic nitrogens is 7. The molecule has 1 aliphatic rings. The normalized spacial score (nSPS) is 19.2. The first kappa shape index (κ1) is 21.2. The van der Waals surface area contributed by atoms with Gasteiger partial charge < -0.3 is 4.98 Å². The van der Waals surface area contributed by atoms with Gasteiger partial charge in [0.25, 0.3) is 5.56 Å². The minimum absolute atomic E-state index is 0.000458. The molecule has 4 aromatic heterocycles. The first-order valence-electron chi connectivity index (χ1n) is 10.00. The van der Waals surface area contributed by atoms with E-state index in [0.717, 1.165) is 19.0 Å². The lowest BCUT2D eigenvalue weighted by atomic mass is 9.72. The average molecular weight is 472 g/mol. The molecule has 168 valence electrons. The van der Waals surface area contributed by atoms with Crippen molar-refractivity contribution in [2.45, 2.75) is 43.8 Å². The van der Waals surface area contributed by atoms with Gasteiger partial charge in [0.15, 0.2) is 16.3 Å². The highest BCUT2D eigenvalue weighted by Gasteiger charge is 2.38. The van der Waals surface area contributed by atoms with Crippen LogP contribution >= 0.6 is 11.3 Å². The fourth-order valence-electron chi connectivity index (χ4n) is 3.96. The van der Waals surface area contributed by atoms with Crippen molar-refractivity contribution in [2.75, 3.05) is 0 Å². The Labute approximate surface area is 188 Å². The van der Waals surface area contributed by atoms with Crippen LogP contribution in [0.25, 0.3) is 11.0 Å². The summed E-state index contributed by atoms with van der Waals surface area (Å²) in [6.07, 6.45) is 1.45. The summed E-state index contributed by atoms with van der Waals surface area (Å²) in [5.74, 6) is 0.913. The Hall–Kier alpha value is -3.66. The fourth-order valence-corrected chi connectivity index (χ4v) is 4.78. The fraction of sp³-hybridized carbons (Fsp3) is 0.350. The van der Waals surface area contributed by atoms with Gasteiger partial charge in [-0.15, -0.1) is 11.3 Å². The van der Waals surface area contributed by atoms with Crippen molar-refractivity contribution in [2.24, 2.45) is 0 Å². The number of halogens is 3.